The van der Waals surface area contributed by atoms with E-state index in [4.69, 9.17) is 0 Å². The molecule has 1 aromatic rings. The van der Waals surface area contributed by atoms with E-state index in [0.29, 0.717) is 18.6 Å². The molecule has 0 saturated carbocycles. The highest BCUT2D eigenvalue weighted by molar-refractivity contribution is 7.59. The van der Waals surface area contributed by atoms with Crippen molar-refractivity contribution in [3.8, 4) is 5.75 Å². The monoisotopic (exact) mass is 437 g/mol. The van der Waals surface area contributed by atoms with Crippen molar-refractivity contribution in [1.82, 2.24) is 0 Å². The Hall–Kier alpha value is -0.680. The van der Waals surface area contributed by atoms with Gasteiger partial charge in [-0.25, -0.2) is 0 Å². The molecular weight excluding hydrogens is 406 g/mol. The van der Waals surface area contributed by atoms with Crippen LogP contribution in [0.5, 0.6) is 5.75 Å². The van der Waals surface area contributed by atoms with Crippen LogP contribution in [-0.4, -0.2) is 62.7 Å². The first-order valence-electron chi connectivity index (χ1n) is 8.16. The summed E-state index contributed by atoms with van der Waals surface area (Å²) < 4.78 is 0. The van der Waals surface area contributed by atoms with Crippen molar-refractivity contribution in [2.45, 2.75) is 51.0 Å². The Bertz CT molecular complexity index is 629. The van der Waals surface area contributed by atoms with Crippen LogP contribution in [-0.2, 0) is 12.8 Å². The maximum atomic E-state index is 10.1. The van der Waals surface area contributed by atoms with Crippen LogP contribution >= 0.6 is 40.5 Å². The Morgan fingerprint density at radius 3 is 1.93 bits per heavy atom. The van der Waals surface area contributed by atoms with Crippen molar-refractivity contribution in [2.75, 3.05) is 6.61 Å². The Labute approximate surface area is 181 Å². The number of aliphatic hydroxyl groups is 4. The number of aryl methyl sites for hydroxylation is 2. The molecular formula is C18H31NO5S3. The SMILES string of the molecule is CCc1cc(C=N[C@H]2C=C(CO)[C@@H](O)C(O)[C@H]2O)cc(CC)c1O.S.S.S. The van der Waals surface area contributed by atoms with Crippen LogP contribution < -0.4 is 0 Å². The predicted molar refractivity (Wildman–Crippen MR) is 123 cm³/mol. The second-order valence-corrected chi connectivity index (χ2v) is 5.99. The van der Waals surface area contributed by atoms with E-state index in [1.54, 1.807) is 6.21 Å². The molecule has 0 fully saturated rings. The van der Waals surface area contributed by atoms with Crippen molar-refractivity contribution in [3.63, 3.8) is 0 Å². The minimum Gasteiger partial charge on any atom is -0.507 e. The van der Waals surface area contributed by atoms with E-state index in [-0.39, 0.29) is 46.1 Å². The van der Waals surface area contributed by atoms with E-state index in [0.717, 1.165) is 16.7 Å². The van der Waals surface area contributed by atoms with E-state index in [9.17, 15) is 25.5 Å². The average molecular weight is 438 g/mol. The molecule has 0 spiro atoms. The lowest BCUT2D eigenvalue weighted by molar-refractivity contribution is -0.0592. The third kappa shape index (κ3) is 6.42. The topological polar surface area (TPSA) is 114 Å². The highest BCUT2D eigenvalue weighted by Crippen LogP contribution is 2.26. The van der Waals surface area contributed by atoms with Gasteiger partial charge in [0.1, 0.15) is 24.1 Å². The van der Waals surface area contributed by atoms with Gasteiger partial charge in [0.25, 0.3) is 0 Å². The molecule has 0 saturated heterocycles. The lowest BCUT2D eigenvalue weighted by atomic mass is 9.88. The molecule has 27 heavy (non-hydrogen) atoms. The predicted octanol–water partition coefficient (Wildman–Crippen LogP) is 0.658. The van der Waals surface area contributed by atoms with E-state index in [1.807, 2.05) is 26.0 Å². The molecule has 6 nitrogen and oxygen atoms in total. The first-order chi connectivity index (χ1) is 11.4. The van der Waals surface area contributed by atoms with E-state index in [2.05, 4.69) is 4.99 Å². The molecule has 0 heterocycles. The number of aliphatic hydroxyl groups excluding tert-OH is 4. The number of rotatable bonds is 5. The van der Waals surface area contributed by atoms with Crippen molar-refractivity contribution < 1.29 is 25.5 Å². The van der Waals surface area contributed by atoms with Gasteiger partial charge in [0.2, 0.25) is 0 Å². The van der Waals surface area contributed by atoms with Gasteiger partial charge in [0.15, 0.2) is 0 Å². The summed E-state index contributed by atoms with van der Waals surface area (Å²) >= 11 is 0. The minimum atomic E-state index is -1.39. The maximum absolute atomic E-state index is 10.1. The number of benzene rings is 1. The molecule has 1 aliphatic rings. The van der Waals surface area contributed by atoms with Crippen LogP contribution in [0.25, 0.3) is 0 Å². The van der Waals surface area contributed by atoms with Gasteiger partial charge in [-0.1, -0.05) is 19.9 Å². The summed E-state index contributed by atoms with van der Waals surface area (Å²) in [5.74, 6) is 0.302. The fraction of sp³-hybridized carbons (Fsp3) is 0.500. The molecule has 0 amide bonds. The maximum Gasteiger partial charge on any atom is 0.121 e. The summed E-state index contributed by atoms with van der Waals surface area (Å²) in [4.78, 5) is 4.28. The van der Waals surface area contributed by atoms with Gasteiger partial charge in [-0.3, -0.25) is 4.99 Å². The summed E-state index contributed by atoms with van der Waals surface area (Å²) in [6.45, 7) is 3.50. The molecule has 1 aromatic carbocycles. The van der Waals surface area contributed by atoms with Gasteiger partial charge in [-0.2, -0.15) is 40.5 Å². The van der Waals surface area contributed by atoms with Crippen molar-refractivity contribution in [1.29, 1.82) is 0 Å². The number of hydrogen-bond donors (Lipinski definition) is 5. The summed E-state index contributed by atoms with van der Waals surface area (Å²) in [6.07, 6.45) is 0.486. The fourth-order valence-corrected chi connectivity index (χ4v) is 2.87. The van der Waals surface area contributed by atoms with Crippen LogP contribution in [0.1, 0.15) is 30.5 Å². The summed E-state index contributed by atoms with van der Waals surface area (Å²) in [7, 11) is 0. The molecule has 1 aliphatic carbocycles. The summed E-state index contributed by atoms with van der Waals surface area (Å²) in [6, 6.07) is 2.90. The van der Waals surface area contributed by atoms with Gasteiger partial charge < -0.3 is 25.5 Å². The van der Waals surface area contributed by atoms with Crippen LogP contribution in [0, 0.1) is 0 Å². The number of phenols is 1. The molecule has 0 radical (unpaired) electrons. The molecule has 156 valence electrons. The van der Waals surface area contributed by atoms with Crippen molar-refractivity contribution in [3.05, 3.63) is 40.5 Å². The molecule has 0 aromatic heterocycles. The highest BCUT2D eigenvalue weighted by atomic mass is 32.1. The molecule has 2 rings (SSSR count). The molecule has 5 N–H and O–H groups in total. The first kappa shape index (κ1) is 28.5. The van der Waals surface area contributed by atoms with Gasteiger partial charge in [0.05, 0.1) is 12.6 Å². The van der Waals surface area contributed by atoms with Crippen molar-refractivity contribution >= 4 is 46.7 Å². The molecule has 0 aliphatic heterocycles. The summed E-state index contributed by atoms with van der Waals surface area (Å²) in [5, 5.41) is 49.0. The number of aromatic hydroxyl groups is 1. The Kier molecular flexibility index (Phi) is 13.4. The molecule has 1 unspecified atom stereocenters. The lowest BCUT2D eigenvalue weighted by Crippen LogP contribution is -2.48. The number of aliphatic imine (C=N–C) groups is 1. The first-order valence-corrected chi connectivity index (χ1v) is 8.16. The van der Waals surface area contributed by atoms with Gasteiger partial charge >= 0.3 is 0 Å². The summed E-state index contributed by atoms with van der Waals surface area (Å²) in [5.41, 5.74) is 2.67. The van der Waals surface area contributed by atoms with Gasteiger partial charge in [-0.15, -0.1) is 0 Å². The Morgan fingerprint density at radius 1 is 0.963 bits per heavy atom. The van der Waals surface area contributed by atoms with Crippen LogP contribution in [0.4, 0.5) is 0 Å². The number of hydrogen-bond acceptors (Lipinski definition) is 6. The minimum absolute atomic E-state index is 0. The standard InChI is InChI=1S/C18H25NO5.3H2S/c1-3-11-5-10(6-12(4-2)15(11)21)8-19-14-7-13(9-20)16(22)18(24)17(14)23;;;/h5-8,14,16-18,20-24H,3-4,9H2,1-2H3;3*1H2/t14-,16+,17-,18?;;;/m0.../s1. The third-order valence-electron chi connectivity index (χ3n) is 4.42. The largest absolute Gasteiger partial charge is 0.507 e. The normalized spacial score (nSPS) is 24.4. The van der Waals surface area contributed by atoms with Gasteiger partial charge in [0, 0.05) is 6.21 Å². The number of nitrogens with zero attached hydrogens (tertiary/aromatic N) is 1. The zero-order valence-electron chi connectivity index (χ0n) is 15.4. The second-order valence-electron chi connectivity index (χ2n) is 5.99. The lowest BCUT2D eigenvalue weighted by Gasteiger charge is -2.32. The zero-order chi connectivity index (χ0) is 17.9. The second kappa shape index (κ2) is 12.7. The molecule has 0 bridgehead atoms. The van der Waals surface area contributed by atoms with E-state index >= 15 is 0 Å². The average Bonchev–Trinajstić information content (AvgIpc) is 2.60. The molecule has 4 atom stereocenters. The third-order valence-corrected chi connectivity index (χ3v) is 4.42. The van der Waals surface area contributed by atoms with E-state index < -0.39 is 31.0 Å². The highest BCUT2D eigenvalue weighted by Gasteiger charge is 2.36. The van der Waals surface area contributed by atoms with Crippen LogP contribution in [0.2, 0.25) is 0 Å². The Morgan fingerprint density at radius 2 is 1.48 bits per heavy atom. The van der Waals surface area contributed by atoms with Crippen LogP contribution in [0.3, 0.4) is 0 Å². The smallest absolute Gasteiger partial charge is 0.121 e. The zero-order valence-corrected chi connectivity index (χ0v) is 18.4. The number of phenolic OH excluding ortho intramolecular Hbond substituents is 1. The van der Waals surface area contributed by atoms with E-state index in [1.165, 1.54) is 6.08 Å². The Balaban J connectivity index is 0. The van der Waals surface area contributed by atoms with Crippen LogP contribution in [0.15, 0.2) is 28.8 Å². The van der Waals surface area contributed by atoms with Crippen molar-refractivity contribution in [2.24, 2.45) is 4.99 Å². The molecule has 9 heteroatoms. The quantitative estimate of drug-likeness (QED) is 0.343. The van der Waals surface area contributed by atoms with Gasteiger partial charge in [-0.05, 0) is 47.2 Å². The fourth-order valence-electron chi connectivity index (χ4n) is 2.87.